The van der Waals surface area contributed by atoms with Crippen molar-refractivity contribution in [2.75, 3.05) is 20.8 Å². The van der Waals surface area contributed by atoms with Crippen LogP contribution in [-0.4, -0.2) is 48.6 Å². The second-order valence-corrected chi connectivity index (χ2v) is 9.80. The number of Topliss-reactive ketones (excluding diaryl/α,β-unsaturated/α-hetero) is 1. The first-order valence-corrected chi connectivity index (χ1v) is 12.7. The molecule has 38 heavy (non-hydrogen) atoms. The smallest absolute Gasteiger partial charge is 0.295 e. The molecular formula is C31H31NO6. The maximum atomic E-state index is 13.4. The number of methoxy groups -OCH3 is 2. The van der Waals surface area contributed by atoms with Crippen LogP contribution in [0.5, 0.6) is 17.2 Å². The van der Waals surface area contributed by atoms with E-state index in [0.29, 0.717) is 23.5 Å². The van der Waals surface area contributed by atoms with Crippen molar-refractivity contribution in [3.8, 4) is 17.2 Å². The first-order chi connectivity index (χ1) is 18.3. The highest BCUT2D eigenvalue weighted by Crippen LogP contribution is 2.41. The van der Waals surface area contributed by atoms with Gasteiger partial charge in [-0.3, -0.25) is 9.59 Å². The normalized spacial score (nSPS) is 19.8. The molecule has 0 spiro atoms. The lowest BCUT2D eigenvalue weighted by Crippen LogP contribution is -2.31. The van der Waals surface area contributed by atoms with Crippen LogP contribution in [0.15, 0.2) is 66.2 Å². The molecule has 0 aromatic heterocycles. The van der Waals surface area contributed by atoms with Gasteiger partial charge in [0.25, 0.3) is 11.7 Å². The highest BCUT2D eigenvalue weighted by atomic mass is 16.5. The minimum absolute atomic E-state index is 0.0526. The third-order valence-corrected chi connectivity index (χ3v) is 7.16. The highest BCUT2D eigenvalue weighted by Gasteiger charge is 2.46. The highest BCUT2D eigenvalue weighted by molar-refractivity contribution is 6.46. The fourth-order valence-electron chi connectivity index (χ4n) is 5.31. The summed E-state index contributed by atoms with van der Waals surface area (Å²) in [7, 11) is 3.15. The zero-order valence-corrected chi connectivity index (χ0v) is 22.0. The van der Waals surface area contributed by atoms with E-state index in [1.807, 2.05) is 68.4 Å². The Morgan fingerprint density at radius 2 is 1.82 bits per heavy atom. The predicted octanol–water partition coefficient (Wildman–Crippen LogP) is 5.00. The molecule has 3 aromatic rings. The Morgan fingerprint density at radius 3 is 2.55 bits per heavy atom. The van der Waals surface area contributed by atoms with Gasteiger partial charge in [0.2, 0.25) is 0 Å². The van der Waals surface area contributed by atoms with Crippen molar-refractivity contribution in [2.24, 2.45) is 0 Å². The number of likely N-dealkylation sites (tertiary alicyclic amines) is 1. The number of benzene rings is 3. The van der Waals surface area contributed by atoms with E-state index in [1.54, 1.807) is 25.2 Å². The van der Waals surface area contributed by atoms with Gasteiger partial charge >= 0.3 is 0 Å². The molecule has 2 aliphatic heterocycles. The molecular weight excluding hydrogens is 482 g/mol. The third kappa shape index (κ3) is 4.60. The number of aliphatic hydroxyl groups excluding tert-OH is 1. The molecule has 2 heterocycles. The van der Waals surface area contributed by atoms with Crippen LogP contribution in [0.1, 0.15) is 40.8 Å². The molecule has 7 heteroatoms. The molecule has 7 nitrogen and oxygen atoms in total. The van der Waals surface area contributed by atoms with Gasteiger partial charge < -0.3 is 24.2 Å². The molecule has 1 amide bonds. The molecule has 1 saturated heterocycles. The maximum absolute atomic E-state index is 13.4. The summed E-state index contributed by atoms with van der Waals surface area (Å²) in [4.78, 5) is 28.3. The quantitative estimate of drug-likeness (QED) is 0.272. The second kappa shape index (κ2) is 10.2. The lowest BCUT2D eigenvalue weighted by molar-refractivity contribution is -0.139. The van der Waals surface area contributed by atoms with Crippen LogP contribution in [-0.2, 0) is 22.4 Å². The zero-order chi connectivity index (χ0) is 27.0. The number of fused-ring (bicyclic) bond motifs is 1. The maximum Gasteiger partial charge on any atom is 0.295 e. The number of hydrogen-bond acceptors (Lipinski definition) is 6. The molecule has 2 atom stereocenters. The van der Waals surface area contributed by atoms with Crippen LogP contribution in [0.4, 0.5) is 0 Å². The number of hydrogen-bond donors (Lipinski definition) is 1. The lowest BCUT2D eigenvalue weighted by atomic mass is 9.93. The van der Waals surface area contributed by atoms with Crippen LogP contribution in [0.25, 0.3) is 5.76 Å². The number of aliphatic hydroxyl groups is 1. The number of carbonyl (C=O) groups is 2. The van der Waals surface area contributed by atoms with Crippen molar-refractivity contribution in [1.29, 1.82) is 0 Å². The molecule has 0 bridgehead atoms. The molecule has 2 unspecified atom stereocenters. The van der Waals surface area contributed by atoms with Gasteiger partial charge in [-0.2, -0.15) is 0 Å². The zero-order valence-electron chi connectivity index (χ0n) is 22.0. The average Bonchev–Trinajstić information content (AvgIpc) is 3.41. The van der Waals surface area contributed by atoms with Gasteiger partial charge in [-0.15, -0.1) is 0 Å². The van der Waals surface area contributed by atoms with Crippen LogP contribution in [0, 0.1) is 6.92 Å². The van der Waals surface area contributed by atoms with E-state index >= 15 is 0 Å². The standard InChI is InChI=1S/C31H31NO6/c1-18-6-5-7-21(14-18)28-27(29(33)22-9-11-24-23(17-22)15-19(2)38-24)30(34)31(35)32(28)13-12-20-8-10-25(36-3)26(16-20)37-4/h5-11,14,16-17,19,28,33H,12-13,15H2,1-4H3/b29-27-. The van der Waals surface area contributed by atoms with E-state index in [0.717, 1.165) is 34.4 Å². The van der Waals surface area contributed by atoms with E-state index in [-0.39, 0.29) is 24.0 Å². The monoisotopic (exact) mass is 513 g/mol. The number of amides is 1. The summed E-state index contributed by atoms with van der Waals surface area (Å²) in [6, 6.07) is 18.0. The van der Waals surface area contributed by atoms with Crippen LogP contribution >= 0.6 is 0 Å². The van der Waals surface area contributed by atoms with Gasteiger partial charge in [0, 0.05) is 18.5 Å². The topological polar surface area (TPSA) is 85.3 Å². The fraction of sp³-hybridized carbons (Fsp3) is 0.290. The van der Waals surface area contributed by atoms with Gasteiger partial charge in [0.05, 0.1) is 25.8 Å². The van der Waals surface area contributed by atoms with E-state index in [4.69, 9.17) is 14.2 Å². The second-order valence-electron chi connectivity index (χ2n) is 9.80. The van der Waals surface area contributed by atoms with Crippen molar-refractivity contribution in [3.05, 3.63) is 94.1 Å². The fourth-order valence-corrected chi connectivity index (χ4v) is 5.31. The Hall–Kier alpha value is -4.26. The number of rotatable bonds is 7. The number of ether oxygens (including phenoxy) is 3. The van der Waals surface area contributed by atoms with E-state index in [9.17, 15) is 14.7 Å². The lowest BCUT2D eigenvalue weighted by Gasteiger charge is -2.26. The molecule has 2 aliphatic rings. The number of ketones is 1. The number of nitrogens with zero attached hydrogens (tertiary/aromatic N) is 1. The van der Waals surface area contributed by atoms with Crippen molar-refractivity contribution in [3.63, 3.8) is 0 Å². The minimum atomic E-state index is -0.710. The first kappa shape index (κ1) is 25.4. The summed E-state index contributed by atoms with van der Waals surface area (Å²) in [5.41, 5.74) is 4.27. The van der Waals surface area contributed by atoms with Crippen LogP contribution < -0.4 is 14.2 Å². The molecule has 1 N–H and O–H groups in total. The van der Waals surface area contributed by atoms with Gasteiger partial charge in [0.1, 0.15) is 17.6 Å². The van der Waals surface area contributed by atoms with Gasteiger partial charge in [-0.05, 0) is 67.3 Å². The SMILES string of the molecule is COc1ccc(CCN2C(=O)C(=O)/C(=C(\O)c3ccc4c(c3)CC(C)O4)C2c2cccc(C)c2)cc1OC. The summed E-state index contributed by atoms with van der Waals surface area (Å²) in [6.07, 6.45) is 1.26. The van der Waals surface area contributed by atoms with Gasteiger partial charge in [-0.25, -0.2) is 0 Å². The van der Waals surface area contributed by atoms with Crippen molar-refractivity contribution in [1.82, 2.24) is 4.90 Å². The molecule has 3 aromatic carbocycles. The molecule has 0 radical (unpaired) electrons. The van der Waals surface area contributed by atoms with Crippen molar-refractivity contribution in [2.45, 2.75) is 38.8 Å². The summed E-state index contributed by atoms with van der Waals surface area (Å²) in [6.45, 7) is 4.23. The molecule has 196 valence electrons. The Morgan fingerprint density at radius 1 is 1.03 bits per heavy atom. The van der Waals surface area contributed by atoms with Gasteiger partial charge in [-0.1, -0.05) is 35.9 Å². The minimum Gasteiger partial charge on any atom is -0.507 e. The summed E-state index contributed by atoms with van der Waals surface area (Å²) in [5, 5.41) is 11.4. The summed E-state index contributed by atoms with van der Waals surface area (Å²) in [5.74, 6) is 0.497. The first-order valence-electron chi connectivity index (χ1n) is 12.7. The van der Waals surface area contributed by atoms with Gasteiger partial charge in [0.15, 0.2) is 11.5 Å². The van der Waals surface area contributed by atoms with Crippen LogP contribution in [0.3, 0.4) is 0 Å². The molecule has 0 aliphatic carbocycles. The summed E-state index contributed by atoms with van der Waals surface area (Å²) < 4.78 is 16.5. The van der Waals surface area contributed by atoms with E-state index in [2.05, 4.69) is 0 Å². The molecule has 1 fully saturated rings. The molecule has 5 rings (SSSR count). The Kier molecular flexibility index (Phi) is 6.85. The Balaban J connectivity index is 1.54. The Bertz CT molecular complexity index is 1440. The van der Waals surface area contributed by atoms with Crippen LogP contribution in [0.2, 0.25) is 0 Å². The summed E-state index contributed by atoms with van der Waals surface area (Å²) >= 11 is 0. The molecule has 0 saturated carbocycles. The average molecular weight is 514 g/mol. The largest absolute Gasteiger partial charge is 0.507 e. The van der Waals surface area contributed by atoms with E-state index < -0.39 is 17.7 Å². The number of carbonyl (C=O) groups excluding carboxylic acids is 2. The predicted molar refractivity (Wildman–Crippen MR) is 144 cm³/mol. The van der Waals surface area contributed by atoms with E-state index in [1.165, 1.54) is 0 Å². The van der Waals surface area contributed by atoms with Crippen molar-refractivity contribution >= 4 is 17.4 Å². The number of aryl methyl sites for hydroxylation is 1. The third-order valence-electron chi connectivity index (χ3n) is 7.16. The Labute approximate surface area is 222 Å². The van der Waals surface area contributed by atoms with Crippen molar-refractivity contribution < 1.29 is 28.9 Å².